The Morgan fingerprint density at radius 2 is 1.72 bits per heavy atom. The van der Waals surface area contributed by atoms with E-state index < -0.39 is 36.4 Å². The molecule has 0 rings (SSSR count). The molecule has 0 heterocycles. The van der Waals surface area contributed by atoms with Gasteiger partial charge >= 0.3 is 5.97 Å². The Balaban J connectivity index is 4.51. The number of carbonyl (C=O) groups excluding carboxylic acids is 2. The molecular weight excluding hydrogens is 238 g/mol. The smallest absolute Gasteiger partial charge is 0.322 e. The van der Waals surface area contributed by atoms with Gasteiger partial charge in [0.05, 0.1) is 6.04 Å². The predicted octanol–water partition coefficient (Wildman–Crippen LogP) is -0.935. The third-order valence-corrected chi connectivity index (χ3v) is 2.17. The van der Waals surface area contributed by atoms with Crippen molar-refractivity contribution in [1.82, 2.24) is 10.6 Å². The van der Waals surface area contributed by atoms with Crippen molar-refractivity contribution in [2.45, 2.75) is 39.3 Å². The summed E-state index contributed by atoms with van der Waals surface area (Å²) in [6, 6.07) is -1.48. The number of rotatable bonds is 7. The normalized spacial score (nSPS) is 13.8. The quantitative estimate of drug-likeness (QED) is 0.470. The van der Waals surface area contributed by atoms with Gasteiger partial charge in [-0.05, 0) is 19.3 Å². The van der Waals surface area contributed by atoms with Gasteiger partial charge < -0.3 is 21.5 Å². The van der Waals surface area contributed by atoms with Gasteiger partial charge in [0, 0.05) is 0 Å². The summed E-state index contributed by atoms with van der Waals surface area (Å²) in [5.41, 5.74) is 5.40. The monoisotopic (exact) mass is 259 g/mol. The molecular formula is C11H21N3O4. The van der Waals surface area contributed by atoms with Crippen molar-refractivity contribution in [1.29, 1.82) is 0 Å². The van der Waals surface area contributed by atoms with E-state index in [-0.39, 0.29) is 5.92 Å². The number of carboxylic acid groups (broad SMARTS) is 1. The van der Waals surface area contributed by atoms with Gasteiger partial charge in [-0.2, -0.15) is 0 Å². The van der Waals surface area contributed by atoms with Crippen molar-refractivity contribution in [3.05, 3.63) is 0 Å². The van der Waals surface area contributed by atoms with E-state index in [4.69, 9.17) is 10.8 Å². The molecule has 0 radical (unpaired) electrons. The number of hydrogen-bond donors (Lipinski definition) is 4. The third kappa shape index (κ3) is 6.85. The lowest BCUT2D eigenvalue weighted by atomic mass is 10.0. The lowest BCUT2D eigenvalue weighted by Gasteiger charge is -2.20. The zero-order valence-electron chi connectivity index (χ0n) is 10.9. The molecule has 0 saturated carbocycles. The van der Waals surface area contributed by atoms with Crippen LogP contribution in [0.2, 0.25) is 0 Å². The molecule has 7 heteroatoms. The molecule has 2 unspecified atom stereocenters. The third-order valence-electron chi connectivity index (χ3n) is 2.17. The van der Waals surface area contributed by atoms with Crippen LogP contribution in [0.1, 0.15) is 27.2 Å². The van der Waals surface area contributed by atoms with Gasteiger partial charge in [0.15, 0.2) is 0 Å². The lowest BCUT2D eigenvalue weighted by molar-refractivity contribution is -0.138. The van der Waals surface area contributed by atoms with E-state index in [0.717, 1.165) is 0 Å². The molecule has 7 nitrogen and oxygen atoms in total. The van der Waals surface area contributed by atoms with Gasteiger partial charge in [-0.15, -0.1) is 0 Å². The SMILES string of the molecule is CC(C)CC(NC(=O)C(C)N)C(=O)NCC(=O)O. The minimum Gasteiger partial charge on any atom is -0.480 e. The van der Waals surface area contributed by atoms with Crippen LogP contribution in [0.4, 0.5) is 0 Å². The molecule has 0 aromatic rings. The second kappa shape index (κ2) is 7.65. The summed E-state index contributed by atoms with van der Waals surface area (Å²) < 4.78 is 0. The average molecular weight is 259 g/mol. The highest BCUT2D eigenvalue weighted by molar-refractivity contribution is 5.90. The summed E-state index contributed by atoms with van der Waals surface area (Å²) in [5.74, 6) is -1.91. The number of carbonyl (C=O) groups is 3. The van der Waals surface area contributed by atoms with Crippen molar-refractivity contribution in [3.63, 3.8) is 0 Å². The molecule has 0 aliphatic heterocycles. The van der Waals surface area contributed by atoms with Crippen LogP contribution in [0.15, 0.2) is 0 Å². The summed E-state index contributed by atoms with van der Waals surface area (Å²) >= 11 is 0. The van der Waals surface area contributed by atoms with Crippen LogP contribution in [0.5, 0.6) is 0 Å². The summed E-state index contributed by atoms with van der Waals surface area (Å²) in [6.45, 7) is 4.84. The molecule has 0 saturated heterocycles. The van der Waals surface area contributed by atoms with Crippen LogP contribution in [0, 0.1) is 5.92 Å². The number of aliphatic carboxylic acids is 1. The first-order chi connectivity index (χ1) is 8.23. The maximum Gasteiger partial charge on any atom is 0.322 e. The van der Waals surface area contributed by atoms with E-state index in [2.05, 4.69) is 10.6 Å². The summed E-state index contributed by atoms with van der Waals surface area (Å²) in [6.07, 6.45) is 0.421. The number of nitrogens with two attached hydrogens (primary N) is 1. The molecule has 0 fully saturated rings. The second-order valence-corrected chi connectivity index (χ2v) is 4.59. The van der Waals surface area contributed by atoms with Gasteiger partial charge in [0.25, 0.3) is 0 Å². The van der Waals surface area contributed by atoms with E-state index in [1.165, 1.54) is 6.92 Å². The van der Waals surface area contributed by atoms with Gasteiger partial charge in [-0.25, -0.2) is 0 Å². The average Bonchev–Trinajstić information content (AvgIpc) is 2.23. The van der Waals surface area contributed by atoms with Crippen LogP contribution in [0.25, 0.3) is 0 Å². The fourth-order valence-electron chi connectivity index (χ4n) is 1.29. The van der Waals surface area contributed by atoms with Crippen molar-refractivity contribution < 1.29 is 19.5 Å². The van der Waals surface area contributed by atoms with Crippen LogP contribution >= 0.6 is 0 Å². The van der Waals surface area contributed by atoms with Gasteiger partial charge in [-0.3, -0.25) is 14.4 Å². The Morgan fingerprint density at radius 1 is 1.17 bits per heavy atom. The molecule has 0 aromatic carbocycles. The highest BCUT2D eigenvalue weighted by Gasteiger charge is 2.23. The molecule has 2 amide bonds. The van der Waals surface area contributed by atoms with Crippen LogP contribution in [0.3, 0.4) is 0 Å². The Labute approximate surface area is 106 Å². The number of nitrogens with one attached hydrogen (secondary N) is 2. The minimum absolute atomic E-state index is 0.180. The molecule has 104 valence electrons. The fraction of sp³-hybridized carbons (Fsp3) is 0.727. The maximum absolute atomic E-state index is 11.7. The van der Waals surface area contributed by atoms with E-state index in [0.29, 0.717) is 6.42 Å². The highest BCUT2D eigenvalue weighted by atomic mass is 16.4. The van der Waals surface area contributed by atoms with Crippen molar-refractivity contribution >= 4 is 17.8 Å². The maximum atomic E-state index is 11.7. The fourth-order valence-corrected chi connectivity index (χ4v) is 1.29. The molecule has 0 aliphatic carbocycles. The van der Waals surface area contributed by atoms with E-state index >= 15 is 0 Å². The molecule has 0 bridgehead atoms. The molecule has 0 spiro atoms. The molecule has 18 heavy (non-hydrogen) atoms. The number of hydrogen-bond acceptors (Lipinski definition) is 4. The zero-order valence-corrected chi connectivity index (χ0v) is 10.9. The van der Waals surface area contributed by atoms with Crippen molar-refractivity contribution in [2.24, 2.45) is 11.7 Å². The first-order valence-corrected chi connectivity index (χ1v) is 5.79. The van der Waals surface area contributed by atoms with Crippen molar-refractivity contribution in [3.8, 4) is 0 Å². The van der Waals surface area contributed by atoms with Gasteiger partial charge in [-0.1, -0.05) is 13.8 Å². The Hall–Kier alpha value is -1.63. The van der Waals surface area contributed by atoms with Crippen LogP contribution in [-0.4, -0.2) is 41.5 Å². The minimum atomic E-state index is -1.13. The predicted molar refractivity (Wildman–Crippen MR) is 65.7 cm³/mol. The van der Waals surface area contributed by atoms with Gasteiger partial charge in [0.2, 0.25) is 11.8 Å². The zero-order chi connectivity index (χ0) is 14.3. The standard InChI is InChI=1S/C11H21N3O4/c1-6(2)4-8(14-10(17)7(3)12)11(18)13-5-9(15)16/h6-8H,4-5,12H2,1-3H3,(H,13,18)(H,14,17)(H,15,16). The van der Waals surface area contributed by atoms with E-state index in [1.807, 2.05) is 13.8 Å². The first kappa shape index (κ1) is 16.4. The second-order valence-electron chi connectivity index (χ2n) is 4.59. The van der Waals surface area contributed by atoms with E-state index in [9.17, 15) is 14.4 Å². The molecule has 5 N–H and O–H groups in total. The van der Waals surface area contributed by atoms with Crippen LogP contribution in [-0.2, 0) is 14.4 Å². The largest absolute Gasteiger partial charge is 0.480 e. The Morgan fingerprint density at radius 3 is 2.11 bits per heavy atom. The van der Waals surface area contributed by atoms with Crippen LogP contribution < -0.4 is 16.4 Å². The summed E-state index contributed by atoms with van der Waals surface area (Å²) in [4.78, 5) is 33.5. The topological polar surface area (TPSA) is 122 Å². The molecule has 0 aromatic heterocycles. The van der Waals surface area contributed by atoms with E-state index in [1.54, 1.807) is 0 Å². The van der Waals surface area contributed by atoms with Gasteiger partial charge in [0.1, 0.15) is 12.6 Å². The molecule has 0 aliphatic rings. The lowest BCUT2D eigenvalue weighted by Crippen LogP contribution is -2.52. The van der Waals surface area contributed by atoms with Crippen molar-refractivity contribution in [2.75, 3.05) is 6.54 Å². The number of amides is 2. The molecule has 2 atom stereocenters. The Kier molecular flexibility index (Phi) is 6.96. The Bertz CT molecular complexity index is 315. The number of carboxylic acids is 1. The highest BCUT2D eigenvalue weighted by Crippen LogP contribution is 2.05. The summed E-state index contributed by atoms with van der Waals surface area (Å²) in [5, 5.41) is 13.2. The first-order valence-electron chi connectivity index (χ1n) is 5.79. The summed E-state index contributed by atoms with van der Waals surface area (Å²) in [7, 11) is 0.